The van der Waals surface area contributed by atoms with Gasteiger partial charge in [-0.2, -0.15) is 0 Å². The average Bonchev–Trinajstić information content (AvgIpc) is 2.50. The Morgan fingerprint density at radius 3 is 2.50 bits per heavy atom. The van der Waals surface area contributed by atoms with Crippen LogP contribution in [-0.4, -0.2) is 60.9 Å². The number of aliphatic hydroxyl groups is 1. The Morgan fingerprint density at radius 2 is 2.00 bits per heavy atom. The molecule has 1 fully saturated rings. The molecule has 0 radical (unpaired) electrons. The molecule has 0 saturated carbocycles. The Bertz CT molecular complexity index is 485. The number of aromatic hydroxyl groups is 1. The molecule has 8 heteroatoms. The van der Waals surface area contributed by atoms with Crippen molar-refractivity contribution in [1.29, 1.82) is 0 Å². The summed E-state index contributed by atoms with van der Waals surface area (Å²) < 4.78 is 33.4. The van der Waals surface area contributed by atoms with Crippen LogP contribution in [0.5, 0.6) is 11.5 Å². The van der Waals surface area contributed by atoms with Gasteiger partial charge in [0.25, 0.3) is 5.92 Å². The van der Waals surface area contributed by atoms with Crippen LogP contribution >= 0.6 is 12.4 Å². The van der Waals surface area contributed by atoms with E-state index in [1.165, 1.54) is 25.3 Å². The number of hydrogen-bond donors (Lipinski definition) is 3. The summed E-state index contributed by atoms with van der Waals surface area (Å²) in [6, 6.07) is 2.88. The maximum atomic E-state index is 14.2. The highest BCUT2D eigenvalue weighted by Gasteiger charge is 2.45. The largest absolute Gasteiger partial charge is 0.507 e. The number of phenolic OH excluding ortho intramolecular Hbond substituents is 1. The number of methoxy groups -OCH3 is 1. The number of phenols is 1. The first-order valence-corrected chi connectivity index (χ1v) is 6.80. The molecule has 2 rings (SSSR count). The lowest BCUT2D eigenvalue weighted by molar-refractivity contribution is -0.119. The topological polar surface area (TPSA) is 65.0 Å². The average molecular weight is 339 g/mol. The van der Waals surface area contributed by atoms with E-state index in [2.05, 4.69) is 5.32 Å². The van der Waals surface area contributed by atoms with Gasteiger partial charge in [0, 0.05) is 37.8 Å². The number of hydrogen-bond acceptors (Lipinski definition) is 5. The van der Waals surface area contributed by atoms with Crippen LogP contribution in [-0.2, 0) is 0 Å². The number of nitrogens with one attached hydrogen (secondary N) is 1. The Morgan fingerprint density at radius 1 is 1.36 bits per heavy atom. The van der Waals surface area contributed by atoms with Gasteiger partial charge in [-0.15, -0.1) is 12.4 Å². The van der Waals surface area contributed by atoms with Crippen molar-refractivity contribution in [1.82, 2.24) is 10.2 Å². The molecule has 22 heavy (non-hydrogen) atoms. The molecule has 1 aliphatic rings. The zero-order chi connectivity index (χ0) is 15.5. The lowest BCUT2D eigenvalue weighted by Crippen LogP contribution is -2.51. The Balaban J connectivity index is 0.00000242. The second-order valence-corrected chi connectivity index (χ2v) is 5.03. The minimum atomic E-state index is -3.34. The Hall–Kier alpha value is -1.15. The summed E-state index contributed by atoms with van der Waals surface area (Å²) >= 11 is 0. The van der Waals surface area contributed by atoms with Gasteiger partial charge in [-0.3, -0.25) is 4.90 Å². The number of rotatable bonds is 5. The maximum absolute atomic E-state index is 14.2. The predicted octanol–water partition coefficient (Wildman–Crippen LogP) is 1.40. The van der Waals surface area contributed by atoms with Crippen molar-refractivity contribution in [2.24, 2.45) is 0 Å². The molecule has 126 valence electrons. The third-order valence-corrected chi connectivity index (χ3v) is 3.66. The van der Waals surface area contributed by atoms with Crippen molar-refractivity contribution in [2.45, 2.75) is 12.0 Å². The molecule has 1 aromatic rings. The van der Waals surface area contributed by atoms with E-state index in [1.807, 2.05) is 0 Å². The van der Waals surface area contributed by atoms with Gasteiger partial charge in [0.05, 0.1) is 7.11 Å². The van der Waals surface area contributed by atoms with E-state index in [9.17, 15) is 13.9 Å². The number of ether oxygens (including phenoxy) is 1. The molecule has 0 amide bonds. The van der Waals surface area contributed by atoms with Crippen molar-refractivity contribution >= 4 is 12.4 Å². The fourth-order valence-electron chi connectivity index (χ4n) is 2.60. The summed E-state index contributed by atoms with van der Waals surface area (Å²) in [5, 5.41) is 22.2. The summed E-state index contributed by atoms with van der Waals surface area (Å²) in [6.45, 7) is 0.758. The third-order valence-electron chi connectivity index (χ3n) is 3.66. The summed E-state index contributed by atoms with van der Waals surface area (Å²) in [4.78, 5) is 1.58. The zero-order valence-electron chi connectivity index (χ0n) is 12.3. The van der Waals surface area contributed by atoms with Gasteiger partial charge >= 0.3 is 0 Å². The van der Waals surface area contributed by atoms with Gasteiger partial charge in [-0.1, -0.05) is 0 Å². The van der Waals surface area contributed by atoms with Crippen LogP contribution < -0.4 is 10.1 Å². The molecule has 0 bridgehead atoms. The van der Waals surface area contributed by atoms with Crippen LogP contribution in [0.1, 0.15) is 11.6 Å². The molecule has 1 saturated heterocycles. The monoisotopic (exact) mass is 338 g/mol. The van der Waals surface area contributed by atoms with Crippen molar-refractivity contribution in [3.05, 3.63) is 23.8 Å². The van der Waals surface area contributed by atoms with Crippen molar-refractivity contribution in [2.75, 3.05) is 39.9 Å². The minimum Gasteiger partial charge on any atom is -0.507 e. The van der Waals surface area contributed by atoms with E-state index in [0.29, 0.717) is 31.9 Å². The molecule has 1 aromatic carbocycles. The molecular weight excluding hydrogens is 318 g/mol. The summed E-state index contributed by atoms with van der Waals surface area (Å²) in [5.41, 5.74) is 0.0942. The SMILES string of the molecule is COc1ccc([C@H](N2CCNCC2)C(F)(F)CO)c(O)c1.Cl. The molecule has 0 aliphatic carbocycles. The second-order valence-electron chi connectivity index (χ2n) is 5.03. The number of nitrogens with zero attached hydrogens (tertiary/aromatic N) is 1. The first-order valence-electron chi connectivity index (χ1n) is 6.80. The van der Waals surface area contributed by atoms with Crippen LogP contribution in [0.2, 0.25) is 0 Å². The zero-order valence-corrected chi connectivity index (χ0v) is 13.1. The highest BCUT2D eigenvalue weighted by atomic mass is 35.5. The van der Waals surface area contributed by atoms with E-state index < -0.39 is 18.6 Å². The van der Waals surface area contributed by atoms with Crippen LogP contribution in [0.3, 0.4) is 0 Å². The van der Waals surface area contributed by atoms with E-state index in [0.717, 1.165) is 0 Å². The second kappa shape index (κ2) is 7.92. The minimum absolute atomic E-state index is 0. The van der Waals surface area contributed by atoms with E-state index in [1.54, 1.807) is 4.90 Å². The molecular formula is C14H21ClF2N2O3. The first-order chi connectivity index (χ1) is 9.99. The van der Waals surface area contributed by atoms with Crippen molar-refractivity contribution in [3.63, 3.8) is 0 Å². The van der Waals surface area contributed by atoms with E-state index in [-0.39, 0.29) is 23.7 Å². The van der Waals surface area contributed by atoms with Gasteiger partial charge in [-0.25, -0.2) is 8.78 Å². The maximum Gasteiger partial charge on any atom is 0.290 e. The lowest BCUT2D eigenvalue weighted by Gasteiger charge is -2.38. The Labute approximate surface area is 134 Å². The molecule has 0 unspecified atom stereocenters. The van der Waals surface area contributed by atoms with Crippen molar-refractivity contribution < 1.29 is 23.7 Å². The van der Waals surface area contributed by atoms with Gasteiger partial charge in [-0.05, 0) is 12.1 Å². The number of aliphatic hydroxyl groups excluding tert-OH is 1. The molecule has 5 nitrogen and oxygen atoms in total. The number of piperazine rings is 1. The molecule has 1 aliphatic heterocycles. The van der Waals surface area contributed by atoms with E-state index in [4.69, 9.17) is 9.84 Å². The number of benzene rings is 1. The van der Waals surface area contributed by atoms with Crippen LogP contribution in [0.4, 0.5) is 8.78 Å². The van der Waals surface area contributed by atoms with Gasteiger partial charge in [0.1, 0.15) is 24.1 Å². The molecule has 0 aromatic heterocycles. The normalized spacial score (nSPS) is 17.6. The highest BCUT2D eigenvalue weighted by Crippen LogP contribution is 2.41. The Kier molecular flexibility index (Phi) is 6.80. The highest BCUT2D eigenvalue weighted by molar-refractivity contribution is 5.85. The van der Waals surface area contributed by atoms with E-state index >= 15 is 0 Å². The molecule has 1 atom stereocenters. The molecule has 3 N–H and O–H groups in total. The smallest absolute Gasteiger partial charge is 0.290 e. The van der Waals surface area contributed by atoms with Gasteiger partial charge < -0.3 is 20.3 Å². The summed E-state index contributed by atoms with van der Waals surface area (Å²) in [5.74, 6) is -3.21. The molecule has 0 spiro atoms. The van der Waals surface area contributed by atoms with Gasteiger partial charge in [0.15, 0.2) is 0 Å². The first kappa shape index (κ1) is 18.9. The van der Waals surface area contributed by atoms with Gasteiger partial charge in [0.2, 0.25) is 0 Å². The number of halogens is 3. The molecule has 1 heterocycles. The standard InChI is InChI=1S/C14H20F2N2O3.ClH/c1-21-10-2-3-11(12(20)8-10)13(14(15,16)9-19)18-6-4-17-5-7-18;/h2-3,8,13,17,19-20H,4-7,9H2,1H3;1H/t13-;/m0./s1. The van der Waals surface area contributed by atoms with Crippen LogP contribution in [0, 0.1) is 0 Å². The lowest BCUT2D eigenvalue weighted by atomic mass is 9.97. The quantitative estimate of drug-likeness (QED) is 0.757. The van der Waals surface area contributed by atoms with Crippen molar-refractivity contribution in [3.8, 4) is 11.5 Å². The third kappa shape index (κ3) is 3.98. The van der Waals surface area contributed by atoms with Crippen LogP contribution in [0.15, 0.2) is 18.2 Å². The predicted molar refractivity (Wildman–Crippen MR) is 81.1 cm³/mol. The fourth-order valence-corrected chi connectivity index (χ4v) is 2.60. The summed E-state index contributed by atoms with van der Waals surface area (Å²) in [6.07, 6.45) is 0. The number of alkyl halides is 2. The van der Waals surface area contributed by atoms with Crippen LogP contribution in [0.25, 0.3) is 0 Å². The fraction of sp³-hybridized carbons (Fsp3) is 0.571. The summed E-state index contributed by atoms with van der Waals surface area (Å²) in [7, 11) is 1.44.